The van der Waals surface area contributed by atoms with Crippen molar-refractivity contribution < 1.29 is 17.7 Å². The summed E-state index contributed by atoms with van der Waals surface area (Å²) in [7, 11) is -3.87. The minimum atomic E-state index is -3.87. The maximum Gasteiger partial charge on any atom is 0.304 e. The Balaban J connectivity index is 2.73. The minimum absolute atomic E-state index is 0.154. The number of sulfonamides is 1. The van der Waals surface area contributed by atoms with Crippen molar-refractivity contribution in [3.05, 3.63) is 34.1 Å². The third-order valence-electron chi connectivity index (χ3n) is 2.45. The average molecular weight is 305 g/mol. The molecule has 0 saturated carbocycles. The van der Waals surface area contributed by atoms with E-state index in [0.29, 0.717) is 12.6 Å². The van der Waals surface area contributed by atoms with E-state index in [4.69, 9.17) is 0 Å². The van der Waals surface area contributed by atoms with Crippen LogP contribution in [0, 0.1) is 15.9 Å². The third kappa shape index (κ3) is 4.51. The molecule has 7 nitrogen and oxygen atoms in total. The summed E-state index contributed by atoms with van der Waals surface area (Å²) in [5.41, 5.74) is -0.756. The largest absolute Gasteiger partial charge is 0.315 e. The Hall–Kier alpha value is -1.58. The molecule has 0 spiro atoms. The maximum absolute atomic E-state index is 13.4. The van der Waals surface area contributed by atoms with Gasteiger partial charge < -0.3 is 5.32 Å². The number of nitrogens with one attached hydrogen (secondary N) is 2. The quantitative estimate of drug-likeness (QED) is 0.424. The van der Waals surface area contributed by atoms with Crippen molar-refractivity contribution in [2.45, 2.75) is 18.2 Å². The molecule has 112 valence electrons. The molecule has 20 heavy (non-hydrogen) atoms. The second kappa shape index (κ2) is 7.27. The molecule has 2 N–H and O–H groups in total. The van der Waals surface area contributed by atoms with E-state index in [1.165, 1.54) is 0 Å². The first-order valence-electron chi connectivity index (χ1n) is 6.03. The van der Waals surface area contributed by atoms with Crippen molar-refractivity contribution in [2.24, 2.45) is 0 Å². The van der Waals surface area contributed by atoms with Gasteiger partial charge in [-0.05, 0) is 19.0 Å². The van der Waals surface area contributed by atoms with Crippen LogP contribution in [0.1, 0.15) is 13.3 Å². The highest BCUT2D eigenvalue weighted by Gasteiger charge is 2.20. The van der Waals surface area contributed by atoms with Crippen LogP contribution in [0.5, 0.6) is 0 Å². The molecular formula is C11H16FN3O4S. The molecule has 0 bridgehead atoms. The van der Waals surface area contributed by atoms with E-state index in [1.54, 1.807) is 0 Å². The molecule has 0 amide bonds. The smallest absolute Gasteiger partial charge is 0.304 e. The summed E-state index contributed by atoms with van der Waals surface area (Å²) in [5, 5.41) is 13.5. The van der Waals surface area contributed by atoms with Gasteiger partial charge in [0, 0.05) is 25.2 Å². The Kier molecular flexibility index (Phi) is 5.99. The van der Waals surface area contributed by atoms with Gasteiger partial charge >= 0.3 is 5.69 Å². The van der Waals surface area contributed by atoms with Crippen LogP contribution in [-0.2, 0) is 10.0 Å². The fraction of sp³-hybridized carbons (Fsp3) is 0.455. The van der Waals surface area contributed by atoms with Crippen LogP contribution in [-0.4, -0.2) is 33.0 Å². The SMILES string of the molecule is CCCNCCNS(=O)(=O)c1ccc([N+](=O)[O-])c(F)c1. The highest BCUT2D eigenvalue weighted by atomic mass is 32.2. The maximum atomic E-state index is 13.4. The van der Waals surface area contributed by atoms with Crippen LogP contribution in [0.4, 0.5) is 10.1 Å². The van der Waals surface area contributed by atoms with Crippen molar-refractivity contribution in [3.8, 4) is 0 Å². The van der Waals surface area contributed by atoms with Gasteiger partial charge in [-0.2, -0.15) is 4.39 Å². The molecule has 0 unspecified atom stereocenters. The minimum Gasteiger partial charge on any atom is -0.315 e. The van der Waals surface area contributed by atoms with E-state index in [9.17, 15) is 22.9 Å². The summed E-state index contributed by atoms with van der Waals surface area (Å²) in [4.78, 5) is 9.20. The van der Waals surface area contributed by atoms with Crippen LogP contribution in [0.2, 0.25) is 0 Å². The Bertz CT molecular complexity index is 577. The van der Waals surface area contributed by atoms with Crippen LogP contribution in [0.3, 0.4) is 0 Å². The molecule has 9 heteroatoms. The molecule has 0 aliphatic carbocycles. The predicted octanol–water partition coefficient (Wildman–Crippen LogP) is 1.01. The van der Waals surface area contributed by atoms with Crippen molar-refractivity contribution in [1.29, 1.82) is 0 Å². The van der Waals surface area contributed by atoms with Crippen molar-refractivity contribution in [3.63, 3.8) is 0 Å². The van der Waals surface area contributed by atoms with Gasteiger partial charge in [-0.1, -0.05) is 6.92 Å². The van der Waals surface area contributed by atoms with Crippen molar-refractivity contribution in [2.75, 3.05) is 19.6 Å². The lowest BCUT2D eigenvalue weighted by atomic mass is 10.3. The van der Waals surface area contributed by atoms with Gasteiger partial charge in [-0.15, -0.1) is 0 Å². The summed E-state index contributed by atoms with van der Waals surface area (Å²) < 4.78 is 39.3. The van der Waals surface area contributed by atoms with Gasteiger partial charge in [-0.3, -0.25) is 10.1 Å². The number of hydrogen-bond acceptors (Lipinski definition) is 5. The Morgan fingerprint density at radius 1 is 1.30 bits per heavy atom. The lowest BCUT2D eigenvalue weighted by molar-refractivity contribution is -0.387. The van der Waals surface area contributed by atoms with E-state index in [1.807, 2.05) is 6.92 Å². The summed E-state index contributed by atoms with van der Waals surface area (Å²) in [6.07, 6.45) is 0.931. The van der Waals surface area contributed by atoms with Gasteiger partial charge in [0.15, 0.2) is 0 Å². The fourth-order valence-electron chi connectivity index (χ4n) is 1.46. The molecule has 0 radical (unpaired) electrons. The molecule has 0 saturated heterocycles. The lowest BCUT2D eigenvalue weighted by Crippen LogP contribution is -2.32. The van der Waals surface area contributed by atoms with E-state index in [-0.39, 0.29) is 11.4 Å². The van der Waals surface area contributed by atoms with Gasteiger partial charge in [0.1, 0.15) is 0 Å². The number of nitro benzene ring substituents is 1. The Morgan fingerprint density at radius 2 is 2.00 bits per heavy atom. The Labute approximate surface area is 116 Å². The molecule has 1 rings (SSSR count). The molecule has 1 aromatic rings. The van der Waals surface area contributed by atoms with Gasteiger partial charge in [-0.25, -0.2) is 13.1 Å². The number of rotatable bonds is 8. The van der Waals surface area contributed by atoms with Gasteiger partial charge in [0.25, 0.3) is 0 Å². The molecule has 0 atom stereocenters. The standard InChI is InChI=1S/C11H16FN3O4S/c1-2-5-13-6-7-14-20(18,19)9-3-4-11(15(16)17)10(12)8-9/h3-4,8,13-14H,2,5-7H2,1H3. The number of benzene rings is 1. The Morgan fingerprint density at radius 3 is 2.55 bits per heavy atom. The zero-order valence-electron chi connectivity index (χ0n) is 10.9. The molecule has 0 fully saturated rings. The average Bonchev–Trinajstić information content (AvgIpc) is 2.37. The van der Waals surface area contributed by atoms with Gasteiger partial charge in [0.2, 0.25) is 15.8 Å². The normalized spacial score (nSPS) is 11.5. The second-order valence-corrected chi connectivity index (χ2v) is 5.79. The lowest BCUT2D eigenvalue weighted by Gasteiger charge is -2.07. The molecular weight excluding hydrogens is 289 g/mol. The van der Waals surface area contributed by atoms with E-state index in [2.05, 4.69) is 10.0 Å². The first-order valence-corrected chi connectivity index (χ1v) is 7.51. The zero-order chi connectivity index (χ0) is 15.2. The van der Waals surface area contributed by atoms with Crippen LogP contribution < -0.4 is 10.0 Å². The monoisotopic (exact) mass is 305 g/mol. The van der Waals surface area contributed by atoms with Crippen LogP contribution >= 0.6 is 0 Å². The van der Waals surface area contributed by atoms with Gasteiger partial charge in [0.05, 0.1) is 9.82 Å². The molecule has 0 aliphatic rings. The second-order valence-electron chi connectivity index (χ2n) is 4.02. The first kappa shape index (κ1) is 16.5. The molecule has 0 aliphatic heterocycles. The third-order valence-corrected chi connectivity index (χ3v) is 3.91. The summed E-state index contributed by atoms with van der Waals surface area (Å²) in [6, 6.07) is 2.47. The van der Waals surface area contributed by atoms with E-state index in [0.717, 1.165) is 25.1 Å². The number of halogens is 1. The molecule has 1 aromatic carbocycles. The topological polar surface area (TPSA) is 101 Å². The summed E-state index contributed by atoms with van der Waals surface area (Å²) >= 11 is 0. The fourth-order valence-corrected chi connectivity index (χ4v) is 2.51. The van der Waals surface area contributed by atoms with E-state index >= 15 is 0 Å². The highest BCUT2D eigenvalue weighted by molar-refractivity contribution is 7.89. The first-order chi connectivity index (χ1) is 9.38. The summed E-state index contributed by atoms with van der Waals surface area (Å²) in [6.45, 7) is 3.36. The molecule has 0 heterocycles. The van der Waals surface area contributed by atoms with E-state index < -0.39 is 26.5 Å². The van der Waals surface area contributed by atoms with Crippen molar-refractivity contribution in [1.82, 2.24) is 10.0 Å². The molecule has 0 aromatic heterocycles. The number of nitro groups is 1. The number of nitrogens with zero attached hydrogens (tertiary/aromatic N) is 1. The zero-order valence-corrected chi connectivity index (χ0v) is 11.7. The highest BCUT2D eigenvalue weighted by Crippen LogP contribution is 2.20. The van der Waals surface area contributed by atoms with Crippen LogP contribution in [0.15, 0.2) is 23.1 Å². The summed E-state index contributed by atoms with van der Waals surface area (Å²) in [5.74, 6) is -1.18. The van der Waals surface area contributed by atoms with Crippen LogP contribution in [0.25, 0.3) is 0 Å². The predicted molar refractivity (Wildman–Crippen MR) is 71.4 cm³/mol. The van der Waals surface area contributed by atoms with Crippen molar-refractivity contribution >= 4 is 15.7 Å². The number of hydrogen-bond donors (Lipinski definition) is 2.